The SMILES string of the molecule is CCNC(=NCCOc1ccccc1)NC(C)c1nc(C)c(C(=O)OCC)s1.I. The molecule has 1 aromatic heterocycles. The molecule has 0 saturated heterocycles. The Hall–Kier alpha value is -1.88. The number of esters is 1. The predicted octanol–water partition coefficient (Wildman–Crippen LogP) is 3.94. The van der Waals surface area contributed by atoms with Crippen molar-refractivity contribution in [3.05, 3.63) is 45.9 Å². The van der Waals surface area contributed by atoms with Gasteiger partial charge in [-0.2, -0.15) is 0 Å². The molecule has 0 amide bonds. The second-order valence-corrected chi connectivity index (χ2v) is 7.01. The number of nitrogens with one attached hydrogen (secondary N) is 2. The van der Waals surface area contributed by atoms with Crippen LogP contribution >= 0.6 is 35.3 Å². The van der Waals surface area contributed by atoms with Crippen LogP contribution in [-0.2, 0) is 4.74 Å². The fraction of sp³-hybridized carbons (Fsp3) is 0.450. The summed E-state index contributed by atoms with van der Waals surface area (Å²) in [4.78, 5) is 21.6. The minimum absolute atomic E-state index is 0. The second kappa shape index (κ2) is 13.4. The smallest absolute Gasteiger partial charge is 0.350 e. The summed E-state index contributed by atoms with van der Waals surface area (Å²) < 4.78 is 10.8. The Labute approximate surface area is 193 Å². The highest BCUT2D eigenvalue weighted by Crippen LogP contribution is 2.24. The van der Waals surface area contributed by atoms with Crippen molar-refractivity contribution in [1.29, 1.82) is 0 Å². The molecule has 29 heavy (non-hydrogen) atoms. The zero-order valence-corrected chi connectivity index (χ0v) is 20.4. The van der Waals surface area contributed by atoms with E-state index in [2.05, 4.69) is 20.6 Å². The Bertz CT molecular complexity index is 783. The maximum atomic E-state index is 12.0. The summed E-state index contributed by atoms with van der Waals surface area (Å²) in [7, 11) is 0. The summed E-state index contributed by atoms with van der Waals surface area (Å²) in [6.07, 6.45) is 0. The highest BCUT2D eigenvalue weighted by atomic mass is 127. The molecule has 9 heteroatoms. The van der Waals surface area contributed by atoms with Crippen molar-refractivity contribution in [1.82, 2.24) is 15.6 Å². The molecule has 1 heterocycles. The molecule has 0 aliphatic rings. The molecule has 0 fully saturated rings. The van der Waals surface area contributed by atoms with Crippen LogP contribution in [0.4, 0.5) is 0 Å². The van der Waals surface area contributed by atoms with Crippen LogP contribution in [0.15, 0.2) is 35.3 Å². The van der Waals surface area contributed by atoms with E-state index in [1.54, 1.807) is 6.92 Å². The third-order valence-corrected chi connectivity index (χ3v) is 5.04. The highest BCUT2D eigenvalue weighted by molar-refractivity contribution is 14.0. The highest BCUT2D eigenvalue weighted by Gasteiger charge is 2.20. The molecule has 0 aliphatic carbocycles. The summed E-state index contributed by atoms with van der Waals surface area (Å²) >= 11 is 1.35. The molecule has 1 unspecified atom stereocenters. The lowest BCUT2D eigenvalue weighted by molar-refractivity contribution is 0.0531. The van der Waals surface area contributed by atoms with Crippen LogP contribution in [0.1, 0.15) is 47.2 Å². The van der Waals surface area contributed by atoms with Crippen LogP contribution < -0.4 is 15.4 Å². The fourth-order valence-corrected chi connectivity index (χ4v) is 3.38. The molecule has 2 rings (SSSR count). The second-order valence-electron chi connectivity index (χ2n) is 5.98. The Kier molecular flexibility index (Phi) is 11.6. The zero-order chi connectivity index (χ0) is 20.4. The largest absolute Gasteiger partial charge is 0.492 e. The van der Waals surface area contributed by atoms with E-state index < -0.39 is 0 Å². The maximum absolute atomic E-state index is 12.0. The lowest BCUT2D eigenvalue weighted by Gasteiger charge is -2.16. The van der Waals surface area contributed by atoms with Gasteiger partial charge in [0.05, 0.1) is 24.9 Å². The number of benzene rings is 1. The molecule has 2 aromatic rings. The maximum Gasteiger partial charge on any atom is 0.350 e. The molecule has 0 bridgehead atoms. The molecule has 0 saturated carbocycles. The molecular weight excluding hydrogens is 503 g/mol. The van der Waals surface area contributed by atoms with Crippen LogP contribution in [0, 0.1) is 6.92 Å². The summed E-state index contributed by atoms with van der Waals surface area (Å²) in [6.45, 7) is 9.69. The lowest BCUT2D eigenvalue weighted by atomic mass is 10.3. The predicted molar refractivity (Wildman–Crippen MR) is 128 cm³/mol. The standard InChI is InChI=1S/C20H28N4O3S.HI/c1-5-21-20(22-12-13-27-16-10-8-7-9-11-16)24-15(4)18-23-14(3)17(28-18)19(25)26-6-2;/h7-11,15H,5-6,12-13H2,1-4H3,(H2,21,22,24);1H. The number of carbonyl (C=O) groups excluding carboxylic acids is 1. The van der Waals surface area contributed by atoms with Gasteiger partial charge in [-0.1, -0.05) is 18.2 Å². The number of nitrogens with zero attached hydrogens (tertiary/aromatic N) is 2. The van der Waals surface area contributed by atoms with Gasteiger partial charge in [-0.25, -0.2) is 14.8 Å². The monoisotopic (exact) mass is 532 g/mol. The summed E-state index contributed by atoms with van der Waals surface area (Å²) in [5, 5.41) is 7.35. The van der Waals surface area contributed by atoms with Crippen molar-refractivity contribution in [3.8, 4) is 5.75 Å². The Morgan fingerprint density at radius 3 is 2.66 bits per heavy atom. The Balaban J connectivity index is 0.00000420. The van der Waals surface area contributed by atoms with Gasteiger partial charge >= 0.3 is 5.97 Å². The third-order valence-electron chi connectivity index (χ3n) is 3.71. The van der Waals surface area contributed by atoms with E-state index in [0.29, 0.717) is 36.3 Å². The van der Waals surface area contributed by atoms with Crippen LogP contribution in [0.2, 0.25) is 0 Å². The van der Waals surface area contributed by atoms with Gasteiger partial charge in [-0.15, -0.1) is 35.3 Å². The van der Waals surface area contributed by atoms with Crippen molar-refractivity contribution in [2.45, 2.75) is 33.7 Å². The number of guanidine groups is 1. The van der Waals surface area contributed by atoms with Gasteiger partial charge in [0.2, 0.25) is 0 Å². The first kappa shape index (κ1) is 25.2. The quantitative estimate of drug-likeness (QED) is 0.167. The van der Waals surface area contributed by atoms with E-state index in [1.807, 2.05) is 51.1 Å². The fourth-order valence-electron chi connectivity index (χ4n) is 2.41. The van der Waals surface area contributed by atoms with E-state index in [4.69, 9.17) is 9.47 Å². The first-order valence-corrected chi connectivity index (χ1v) is 10.2. The molecular formula is C20H29IN4O3S. The number of halogens is 1. The Morgan fingerprint density at radius 1 is 1.28 bits per heavy atom. The molecule has 7 nitrogen and oxygen atoms in total. The van der Waals surface area contributed by atoms with E-state index >= 15 is 0 Å². The van der Waals surface area contributed by atoms with Crippen LogP contribution in [0.3, 0.4) is 0 Å². The molecule has 1 atom stereocenters. The minimum atomic E-state index is -0.324. The molecule has 160 valence electrons. The van der Waals surface area contributed by atoms with Gasteiger partial charge in [0.1, 0.15) is 22.2 Å². The van der Waals surface area contributed by atoms with Crippen molar-refractivity contribution >= 4 is 47.2 Å². The van der Waals surface area contributed by atoms with Gasteiger partial charge in [0.25, 0.3) is 0 Å². The first-order chi connectivity index (χ1) is 13.5. The van der Waals surface area contributed by atoms with E-state index in [0.717, 1.165) is 17.3 Å². The number of carbonyl (C=O) groups is 1. The number of rotatable bonds is 9. The van der Waals surface area contributed by atoms with Gasteiger partial charge < -0.3 is 20.1 Å². The van der Waals surface area contributed by atoms with Crippen molar-refractivity contribution in [3.63, 3.8) is 0 Å². The van der Waals surface area contributed by atoms with Gasteiger partial charge in [-0.3, -0.25) is 0 Å². The molecule has 0 radical (unpaired) electrons. The molecule has 2 N–H and O–H groups in total. The number of hydrogen-bond donors (Lipinski definition) is 2. The van der Waals surface area contributed by atoms with Crippen molar-refractivity contribution in [2.75, 3.05) is 26.3 Å². The number of aryl methyl sites for hydroxylation is 1. The number of hydrogen-bond acceptors (Lipinski definition) is 6. The van der Waals surface area contributed by atoms with E-state index in [1.165, 1.54) is 11.3 Å². The summed E-state index contributed by atoms with van der Waals surface area (Å²) in [6, 6.07) is 9.56. The number of ether oxygens (including phenoxy) is 2. The zero-order valence-electron chi connectivity index (χ0n) is 17.2. The molecule has 1 aromatic carbocycles. The van der Waals surface area contributed by atoms with E-state index in [9.17, 15) is 4.79 Å². The third kappa shape index (κ3) is 8.17. The van der Waals surface area contributed by atoms with E-state index in [-0.39, 0.29) is 36.0 Å². The topological polar surface area (TPSA) is 84.8 Å². The number of thiazole rings is 1. The van der Waals surface area contributed by atoms with Crippen molar-refractivity contribution < 1.29 is 14.3 Å². The average Bonchev–Trinajstić information content (AvgIpc) is 3.08. The summed E-state index contributed by atoms with van der Waals surface area (Å²) in [5.41, 5.74) is 0.685. The van der Waals surface area contributed by atoms with Crippen LogP contribution in [0.25, 0.3) is 0 Å². The van der Waals surface area contributed by atoms with Crippen molar-refractivity contribution in [2.24, 2.45) is 4.99 Å². The van der Waals surface area contributed by atoms with Crippen LogP contribution in [0.5, 0.6) is 5.75 Å². The van der Waals surface area contributed by atoms with Gasteiger partial charge in [0.15, 0.2) is 5.96 Å². The van der Waals surface area contributed by atoms with Gasteiger partial charge in [-0.05, 0) is 39.8 Å². The van der Waals surface area contributed by atoms with Crippen LogP contribution in [-0.4, -0.2) is 43.2 Å². The number of aliphatic imine (C=N–C) groups is 1. The summed E-state index contributed by atoms with van der Waals surface area (Å²) in [5.74, 6) is 1.18. The Morgan fingerprint density at radius 2 is 2.00 bits per heavy atom. The lowest BCUT2D eigenvalue weighted by Crippen LogP contribution is -2.39. The minimum Gasteiger partial charge on any atom is -0.492 e. The molecule has 0 spiro atoms. The van der Waals surface area contributed by atoms with Gasteiger partial charge in [0, 0.05) is 6.54 Å². The molecule has 0 aliphatic heterocycles. The first-order valence-electron chi connectivity index (χ1n) is 9.42. The normalized spacial score (nSPS) is 11.9. The number of para-hydroxylation sites is 1. The average molecular weight is 532 g/mol. The number of aromatic nitrogens is 1.